The molecule has 4 heterocycles. The van der Waals surface area contributed by atoms with Gasteiger partial charge in [-0.05, 0) is 53.4 Å². The smallest absolute Gasteiger partial charge is 0.217 e. The zero-order valence-corrected chi connectivity index (χ0v) is 13.3. The molecule has 0 amide bonds. The fraction of sp³-hybridized carbons (Fsp3) is 0.167. The van der Waals surface area contributed by atoms with Crippen LogP contribution in [0.3, 0.4) is 0 Å². The van der Waals surface area contributed by atoms with Gasteiger partial charge in [-0.3, -0.25) is 4.98 Å². The summed E-state index contributed by atoms with van der Waals surface area (Å²) in [5.74, 6) is 1.68. The van der Waals surface area contributed by atoms with E-state index in [2.05, 4.69) is 22.0 Å². The van der Waals surface area contributed by atoms with Gasteiger partial charge in [-0.2, -0.15) is 4.52 Å². The van der Waals surface area contributed by atoms with Crippen molar-refractivity contribution in [1.82, 2.24) is 19.6 Å². The summed E-state index contributed by atoms with van der Waals surface area (Å²) in [7, 11) is 0. The Hall–Kier alpha value is -3.15. The number of nitrogens with two attached hydrogens (primary N) is 1. The summed E-state index contributed by atoms with van der Waals surface area (Å²) in [6.07, 6.45) is 7.34. The fourth-order valence-electron chi connectivity index (χ4n) is 2.85. The number of aromatic nitrogens is 4. The molecule has 0 atom stereocenters. The van der Waals surface area contributed by atoms with E-state index in [1.807, 2.05) is 36.5 Å². The van der Waals surface area contributed by atoms with Crippen molar-refractivity contribution in [3.8, 4) is 22.7 Å². The molecule has 2 N–H and O–H groups in total. The van der Waals surface area contributed by atoms with Crippen LogP contribution in [0.15, 0.2) is 53.4 Å². The number of aryl methyl sites for hydroxylation is 1. The third-order valence-electron chi connectivity index (χ3n) is 3.94. The van der Waals surface area contributed by atoms with Gasteiger partial charge in [0.2, 0.25) is 5.82 Å². The topological polar surface area (TPSA) is 82.2 Å². The van der Waals surface area contributed by atoms with Crippen LogP contribution in [0.4, 0.5) is 5.82 Å². The van der Waals surface area contributed by atoms with Crippen LogP contribution in [0.5, 0.6) is 0 Å². The third-order valence-corrected chi connectivity index (χ3v) is 3.94. The van der Waals surface area contributed by atoms with Gasteiger partial charge in [-0.25, -0.2) is 4.98 Å². The lowest BCUT2D eigenvalue weighted by Gasteiger charge is -2.09. The van der Waals surface area contributed by atoms with Gasteiger partial charge < -0.3 is 10.2 Å². The molecule has 4 aromatic rings. The van der Waals surface area contributed by atoms with Gasteiger partial charge in [0.25, 0.3) is 0 Å². The van der Waals surface area contributed by atoms with E-state index in [9.17, 15) is 0 Å². The predicted octanol–water partition coefficient (Wildman–Crippen LogP) is 3.59. The molecular formula is C18H17N5O. The standard InChI is InChI=1S/C18H17N5O/c1-2-4-12-11-20-7-6-14(12)13-9-16(19)23-17(10-13)21-18(22-23)15-5-3-8-24-15/h3,5-11H,2,4,19H2,1H3. The van der Waals surface area contributed by atoms with Crippen molar-refractivity contribution in [2.24, 2.45) is 0 Å². The Bertz CT molecular complexity index is 988. The predicted molar refractivity (Wildman–Crippen MR) is 92.3 cm³/mol. The first-order valence-electron chi connectivity index (χ1n) is 7.89. The van der Waals surface area contributed by atoms with E-state index in [1.165, 1.54) is 5.56 Å². The minimum absolute atomic E-state index is 0.521. The molecule has 0 aromatic carbocycles. The number of hydrogen-bond donors (Lipinski definition) is 1. The average molecular weight is 319 g/mol. The van der Waals surface area contributed by atoms with E-state index in [0.717, 1.165) is 24.0 Å². The maximum absolute atomic E-state index is 6.20. The highest BCUT2D eigenvalue weighted by Gasteiger charge is 2.13. The van der Waals surface area contributed by atoms with Crippen LogP contribution in [-0.2, 0) is 6.42 Å². The summed E-state index contributed by atoms with van der Waals surface area (Å²) in [6, 6.07) is 9.56. The highest BCUT2D eigenvalue weighted by Crippen LogP contribution is 2.28. The van der Waals surface area contributed by atoms with Crippen LogP contribution in [0, 0.1) is 0 Å². The number of anilines is 1. The zero-order valence-electron chi connectivity index (χ0n) is 13.3. The monoisotopic (exact) mass is 319 g/mol. The van der Waals surface area contributed by atoms with Crippen LogP contribution in [0.25, 0.3) is 28.4 Å². The third kappa shape index (κ3) is 2.42. The number of furan rings is 1. The Labute approximate surface area is 139 Å². The molecular weight excluding hydrogens is 302 g/mol. The number of hydrogen-bond acceptors (Lipinski definition) is 5. The molecule has 0 spiro atoms. The second-order valence-electron chi connectivity index (χ2n) is 5.63. The van der Waals surface area contributed by atoms with E-state index >= 15 is 0 Å². The number of rotatable bonds is 4. The maximum atomic E-state index is 6.20. The molecule has 0 aliphatic carbocycles. The lowest BCUT2D eigenvalue weighted by Crippen LogP contribution is -2.00. The first kappa shape index (κ1) is 14.4. The van der Waals surface area contributed by atoms with Crippen LogP contribution >= 0.6 is 0 Å². The van der Waals surface area contributed by atoms with Gasteiger partial charge in [-0.15, -0.1) is 5.10 Å². The molecule has 0 bridgehead atoms. The minimum Gasteiger partial charge on any atom is -0.461 e. The number of pyridine rings is 2. The van der Waals surface area contributed by atoms with E-state index in [1.54, 1.807) is 17.0 Å². The Morgan fingerprint density at radius 2 is 2.17 bits per heavy atom. The molecule has 0 unspecified atom stereocenters. The summed E-state index contributed by atoms with van der Waals surface area (Å²) >= 11 is 0. The highest BCUT2D eigenvalue weighted by molar-refractivity contribution is 5.73. The van der Waals surface area contributed by atoms with Crippen LogP contribution in [-0.4, -0.2) is 19.6 Å². The van der Waals surface area contributed by atoms with Gasteiger partial charge in [0, 0.05) is 12.4 Å². The average Bonchev–Trinajstić information content (AvgIpc) is 3.25. The summed E-state index contributed by atoms with van der Waals surface area (Å²) in [6.45, 7) is 2.16. The van der Waals surface area contributed by atoms with Crippen LogP contribution in [0.1, 0.15) is 18.9 Å². The quantitative estimate of drug-likeness (QED) is 0.621. The lowest BCUT2D eigenvalue weighted by molar-refractivity contribution is 0.577. The molecule has 6 nitrogen and oxygen atoms in total. The summed E-state index contributed by atoms with van der Waals surface area (Å²) in [5, 5.41) is 4.42. The van der Waals surface area contributed by atoms with Gasteiger partial charge in [-0.1, -0.05) is 13.3 Å². The summed E-state index contributed by atoms with van der Waals surface area (Å²) in [4.78, 5) is 8.78. The molecule has 0 fully saturated rings. The van der Waals surface area contributed by atoms with Crippen molar-refractivity contribution in [2.75, 3.05) is 5.73 Å². The van der Waals surface area contributed by atoms with Gasteiger partial charge in [0.05, 0.1) is 6.26 Å². The number of nitrogens with zero attached hydrogens (tertiary/aromatic N) is 4. The summed E-state index contributed by atoms with van der Waals surface area (Å²) in [5.41, 5.74) is 10.2. The molecule has 0 aliphatic rings. The first-order valence-corrected chi connectivity index (χ1v) is 7.89. The molecule has 0 saturated carbocycles. The van der Waals surface area contributed by atoms with Crippen LogP contribution in [0.2, 0.25) is 0 Å². The molecule has 4 aromatic heterocycles. The Kier molecular flexibility index (Phi) is 3.49. The van der Waals surface area contributed by atoms with Crippen molar-refractivity contribution in [3.05, 3.63) is 54.6 Å². The molecule has 24 heavy (non-hydrogen) atoms. The Morgan fingerprint density at radius 3 is 2.96 bits per heavy atom. The second-order valence-corrected chi connectivity index (χ2v) is 5.63. The van der Waals surface area contributed by atoms with E-state index in [-0.39, 0.29) is 0 Å². The van der Waals surface area contributed by atoms with E-state index in [0.29, 0.717) is 23.0 Å². The van der Waals surface area contributed by atoms with Crippen LogP contribution < -0.4 is 5.73 Å². The van der Waals surface area contributed by atoms with E-state index < -0.39 is 0 Å². The fourth-order valence-corrected chi connectivity index (χ4v) is 2.85. The van der Waals surface area contributed by atoms with Crippen molar-refractivity contribution >= 4 is 11.5 Å². The number of nitrogen functional groups attached to an aromatic ring is 1. The van der Waals surface area contributed by atoms with Crippen molar-refractivity contribution in [3.63, 3.8) is 0 Å². The van der Waals surface area contributed by atoms with Crippen molar-refractivity contribution in [1.29, 1.82) is 0 Å². The van der Waals surface area contributed by atoms with Gasteiger partial charge in [0.1, 0.15) is 5.82 Å². The Morgan fingerprint density at radius 1 is 1.25 bits per heavy atom. The highest BCUT2D eigenvalue weighted by atomic mass is 16.3. The summed E-state index contributed by atoms with van der Waals surface area (Å²) < 4.78 is 6.99. The first-order chi connectivity index (χ1) is 11.8. The molecule has 0 radical (unpaired) electrons. The molecule has 6 heteroatoms. The zero-order chi connectivity index (χ0) is 16.5. The normalized spacial score (nSPS) is 11.2. The molecule has 4 rings (SSSR count). The molecule has 120 valence electrons. The maximum Gasteiger partial charge on any atom is 0.217 e. The molecule has 0 saturated heterocycles. The molecule has 0 aliphatic heterocycles. The van der Waals surface area contributed by atoms with Gasteiger partial charge >= 0.3 is 0 Å². The lowest BCUT2D eigenvalue weighted by atomic mass is 9.99. The van der Waals surface area contributed by atoms with E-state index in [4.69, 9.17) is 10.2 Å². The Balaban J connectivity index is 1.86. The van der Waals surface area contributed by atoms with Crippen molar-refractivity contribution < 1.29 is 4.42 Å². The second kappa shape index (κ2) is 5.81. The van der Waals surface area contributed by atoms with Crippen molar-refractivity contribution in [2.45, 2.75) is 19.8 Å². The minimum atomic E-state index is 0.521. The largest absolute Gasteiger partial charge is 0.461 e. The SMILES string of the molecule is CCCc1cnccc1-c1cc(N)n2nc(-c3ccco3)nc2c1. The number of fused-ring (bicyclic) bond motifs is 1. The van der Waals surface area contributed by atoms with Gasteiger partial charge in [0.15, 0.2) is 11.4 Å².